The van der Waals surface area contributed by atoms with Gasteiger partial charge in [0.05, 0.1) is 5.03 Å². The van der Waals surface area contributed by atoms with E-state index in [1.54, 1.807) is 16.7 Å². The van der Waals surface area contributed by atoms with E-state index in [4.69, 9.17) is 12.2 Å². The summed E-state index contributed by atoms with van der Waals surface area (Å²) >= 11 is 8.43. The number of carbonyl (C=O) groups excluding carboxylic acids is 1. The van der Waals surface area contributed by atoms with Crippen molar-refractivity contribution < 1.29 is 4.79 Å². The second-order valence-electron chi connectivity index (χ2n) is 3.48. The predicted octanol–water partition coefficient (Wildman–Crippen LogP) is 2.10. The molecule has 0 aliphatic carbocycles. The van der Waals surface area contributed by atoms with Gasteiger partial charge < -0.3 is 4.90 Å². The largest absolute Gasteiger partial charge is 0.365 e. The summed E-state index contributed by atoms with van der Waals surface area (Å²) in [5, 5.41) is 1.12. The van der Waals surface area contributed by atoms with Crippen LogP contribution in [0.1, 0.15) is 13.8 Å². The molecule has 2 aliphatic heterocycles. The van der Waals surface area contributed by atoms with Crippen molar-refractivity contribution in [2.75, 3.05) is 25.4 Å². The second-order valence-corrected chi connectivity index (χ2v) is 6.21. The first-order valence-corrected chi connectivity index (χ1v) is 7.55. The Labute approximate surface area is 110 Å². The molecule has 2 rings (SSSR count). The SMILES string of the molecule is CCN1CCSC1=C1SC(=S)N(CC)C1=O. The van der Waals surface area contributed by atoms with E-state index in [0.717, 1.165) is 28.8 Å². The number of amides is 1. The molecule has 2 fully saturated rings. The van der Waals surface area contributed by atoms with Gasteiger partial charge in [-0.05, 0) is 13.8 Å². The zero-order valence-electron chi connectivity index (χ0n) is 9.36. The van der Waals surface area contributed by atoms with Crippen molar-refractivity contribution in [1.82, 2.24) is 9.80 Å². The zero-order chi connectivity index (χ0) is 11.7. The smallest absolute Gasteiger partial charge is 0.268 e. The Morgan fingerprint density at radius 3 is 2.69 bits per heavy atom. The van der Waals surface area contributed by atoms with Crippen LogP contribution in [0.5, 0.6) is 0 Å². The summed E-state index contributed by atoms with van der Waals surface area (Å²) in [4.78, 5) is 16.9. The van der Waals surface area contributed by atoms with Gasteiger partial charge in [-0.25, -0.2) is 0 Å². The molecule has 0 bridgehead atoms. The number of thioether (sulfide) groups is 2. The van der Waals surface area contributed by atoms with Gasteiger partial charge in [0.2, 0.25) is 0 Å². The highest BCUT2D eigenvalue weighted by atomic mass is 32.2. The summed E-state index contributed by atoms with van der Waals surface area (Å²) in [5.74, 6) is 1.15. The van der Waals surface area contributed by atoms with Crippen LogP contribution in [0.2, 0.25) is 0 Å². The van der Waals surface area contributed by atoms with Crippen molar-refractivity contribution in [1.29, 1.82) is 0 Å². The summed E-state index contributed by atoms with van der Waals surface area (Å²) in [6.45, 7) is 6.73. The first kappa shape index (κ1) is 12.3. The van der Waals surface area contributed by atoms with Crippen molar-refractivity contribution in [3.05, 3.63) is 9.93 Å². The number of hydrogen-bond donors (Lipinski definition) is 0. The fraction of sp³-hybridized carbons (Fsp3) is 0.600. The number of likely N-dealkylation sites (N-methyl/N-ethyl adjacent to an activating group) is 1. The van der Waals surface area contributed by atoms with Crippen molar-refractivity contribution in [3.63, 3.8) is 0 Å². The Bertz CT molecular complexity index is 367. The first-order valence-electron chi connectivity index (χ1n) is 5.34. The number of carbonyl (C=O) groups is 1. The molecule has 0 aromatic heterocycles. The first-order chi connectivity index (χ1) is 7.69. The Kier molecular flexibility index (Phi) is 3.81. The van der Waals surface area contributed by atoms with Crippen LogP contribution in [-0.2, 0) is 4.79 Å². The maximum Gasteiger partial charge on any atom is 0.268 e. The molecule has 1 amide bonds. The average molecular weight is 274 g/mol. The molecule has 16 heavy (non-hydrogen) atoms. The monoisotopic (exact) mass is 274 g/mol. The maximum absolute atomic E-state index is 12.1. The molecule has 2 saturated heterocycles. The van der Waals surface area contributed by atoms with Crippen LogP contribution in [0.4, 0.5) is 0 Å². The molecular weight excluding hydrogens is 260 g/mol. The lowest BCUT2D eigenvalue weighted by molar-refractivity contribution is -0.122. The van der Waals surface area contributed by atoms with Gasteiger partial charge in [0, 0.05) is 25.4 Å². The number of rotatable bonds is 2. The predicted molar refractivity (Wildman–Crippen MR) is 74.3 cm³/mol. The molecule has 88 valence electrons. The standard InChI is InChI=1S/C10H14N2OS3/c1-3-11-5-6-15-9(11)7-8(13)12(4-2)10(14)16-7/h3-6H2,1-2H3. The van der Waals surface area contributed by atoms with Crippen LogP contribution in [0.3, 0.4) is 0 Å². The lowest BCUT2D eigenvalue weighted by Crippen LogP contribution is -2.28. The van der Waals surface area contributed by atoms with Gasteiger partial charge in [-0.2, -0.15) is 0 Å². The van der Waals surface area contributed by atoms with Crippen LogP contribution >= 0.6 is 35.7 Å². The van der Waals surface area contributed by atoms with E-state index in [-0.39, 0.29) is 5.91 Å². The minimum atomic E-state index is 0.0837. The molecule has 0 saturated carbocycles. The molecule has 0 radical (unpaired) electrons. The summed E-state index contributed by atoms with van der Waals surface area (Å²) in [6, 6.07) is 0. The molecule has 0 N–H and O–H groups in total. The van der Waals surface area contributed by atoms with Crippen LogP contribution in [0, 0.1) is 0 Å². The summed E-state index contributed by atoms with van der Waals surface area (Å²) in [5.41, 5.74) is 0. The highest BCUT2D eigenvalue weighted by molar-refractivity contribution is 8.27. The lowest BCUT2D eigenvalue weighted by Gasteiger charge is -2.17. The Morgan fingerprint density at radius 1 is 1.38 bits per heavy atom. The van der Waals surface area contributed by atoms with Crippen LogP contribution < -0.4 is 0 Å². The van der Waals surface area contributed by atoms with Gasteiger partial charge in [-0.1, -0.05) is 24.0 Å². The molecule has 0 unspecified atom stereocenters. The number of hydrogen-bond acceptors (Lipinski definition) is 5. The van der Waals surface area contributed by atoms with Gasteiger partial charge in [0.25, 0.3) is 5.91 Å². The molecular formula is C10H14N2OS3. The van der Waals surface area contributed by atoms with Crippen LogP contribution in [0.15, 0.2) is 9.93 Å². The maximum atomic E-state index is 12.1. The van der Waals surface area contributed by atoms with Gasteiger partial charge in [0.1, 0.15) is 9.23 Å². The second kappa shape index (κ2) is 4.98. The third kappa shape index (κ3) is 1.98. The molecule has 0 aromatic carbocycles. The number of nitrogens with zero attached hydrogens (tertiary/aromatic N) is 2. The molecule has 0 aromatic rings. The normalized spacial score (nSPS) is 26.1. The Balaban J connectivity index is 2.31. The third-order valence-electron chi connectivity index (χ3n) is 2.63. The number of thiocarbonyl (C=S) groups is 1. The topological polar surface area (TPSA) is 23.6 Å². The van der Waals surface area contributed by atoms with Crippen molar-refractivity contribution in [2.45, 2.75) is 13.8 Å². The fourth-order valence-corrected chi connectivity index (χ4v) is 4.56. The van der Waals surface area contributed by atoms with E-state index in [0.29, 0.717) is 10.9 Å². The average Bonchev–Trinajstić information content (AvgIpc) is 2.83. The van der Waals surface area contributed by atoms with E-state index in [1.807, 2.05) is 6.92 Å². The molecule has 0 atom stereocenters. The quantitative estimate of drug-likeness (QED) is 0.567. The highest BCUT2D eigenvalue weighted by Gasteiger charge is 2.36. The molecule has 0 spiro atoms. The van der Waals surface area contributed by atoms with Gasteiger partial charge in [-0.3, -0.25) is 9.69 Å². The van der Waals surface area contributed by atoms with Crippen molar-refractivity contribution >= 4 is 46.0 Å². The van der Waals surface area contributed by atoms with E-state index in [2.05, 4.69) is 11.8 Å². The van der Waals surface area contributed by atoms with E-state index >= 15 is 0 Å². The Hall–Kier alpha value is -0.200. The minimum Gasteiger partial charge on any atom is -0.365 e. The van der Waals surface area contributed by atoms with Crippen molar-refractivity contribution in [2.24, 2.45) is 0 Å². The van der Waals surface area contributed by atoms with Gasteiger partial charge in [0.15, 0.2) is 0 Å². The summed E-state index contributed by atoms with van der Waals surface area (Å²) in [6.07, 6.45) is 0. The van der Waals surface area contributed by atoms with Crippen LogP contribution in [-0.4, -0.2) is 45.4 Å². The van der Waals surface area contributed by atoms with E-state index in [9.17, 15) is 4.79 Å². The Morgan fingerprint density at radius 2 is 2.12 bits per heavy atom. The van der Waals surface area contributed by atoms with Gasteiger partial charge >= 0.3 is 0 Å². The van der Waals surface area contributed by atoms with E-state index in [1.165, 1.54) is 11.8 Å². The summed E-state index contributed by atoms with van der Waals surface area (Å²) in [7, 11) is 0. The van der Waals surface area contributed by atoms with E-state index < -0.39 is 0 Å². The third-order valence-corrected chi connectivity index (χ3v) is 5.32. The minimum absolute atomic E-state index is 0.0837. The summed E-state index contributed by atoms with van der Waals surface area (Å²) < 4.78 is 0.693. The fourth-order valence-electron chi connectivity index (χ4n) is 1.76. The highest BCUT2D eigenvalue weighted by Crippen LogP contribution is 2.40. The molecule has 2 heterocycles. The van der Waals surface area contributed by atoms with Gasteiger partial charge in [-0.15, -0.1) is 11.8 Å². The molecule has 3 nitrogen and oxygen atoms in total. The van der Waals surface area contributed by atoms with Crippen LogP contribution in [0.25, 0.3) is 0 Å². The van der Waals surface area contributed by atoms with Crippen molar-refractivity contribution in [3.8, 4) is 0 Å². The molecule has 2 aliphatic rings. The lowest BCUT2D eigenvalue weighted by atomic mass is 10.4. The zero-order valence-corrected chi connectivity index (χ0v) is 11.8. The molecule has 6 heteroatoms.